The van der Waals surface area contributed by atoms with Gasteiger partial charge in [0.25, 0.3) is 5.91 Å². The maximum Gasteiger partial charge on any atom is 0.262 e. The third-order valence-corrected chi connectivity index (χ3v) is 4.32. The molecule has 1 aliphatic rings. The lowest BCUT2D eigenvalue weighted by molar-refractivity contribution is -0.118. The molecule has 7 heteroatoms. The SMILES string of the molecule is COc1ccc(OCC(=O)Nc2cccc(Cl)c2N2CCOCC2)cc1. The smallest absolute Gasteiger partial charge is 0.262 e. The van der Waals surface area contributed by atoms with Crippen LogP contribution in [0.25, 0.3) is 0 Å². The first-order valence-electron chi connectivity index (χ1n) is 8.35. The lowest BCUT2D eigenvalue weighted by atomic mass is 10.2. The molecular weight excluding hydrogens is 356 g/mol. The van der Waals surface area contributed by atoms with Crippen LogP contribution < -0.4 is 19.7 Å². The third kappa shape index (κ3) is 4.59. The monoisotopic (exact) mass is 376 g/mol. The van der Waals surface area contributed by atoms with E-state index in [0.29, 0.717) is 29.7 Å². The van der Waals surface area contributed by atoms with E-state index in [2.05, 4.69) is 10.2 Å². The third-order valence-electron chi connectivity index (χ3n) is 4.02. The normalized spacial score (nSPS) is 14.0. The Morgan fingerprint density at radius 3 is 2.54 bits per heavy atom. The van der Waals surface area contributed by atoms with E-state index in [1.54, 1.807) is 31.4 Å². The number of halogens is 1. The number of hydrogen-bond donors (Lipinski definition) is 1. The molecule has 1 aliphatic heterocycles. The predicted molar refractivity (Wildman–Crippen MR) is 102 cm³/mol. The zero-order chi connectivity index (χ0) is 18.4. The Morgan fingerprint density at radius 1 is 1.15 bits per heavy atom. The number of amides is 1. The molecule has 2 aromatic rings. The molecule has 2 aromatic carbocycles. The molecule has 1 N–H and O–H groups in total. The van der Waals surface area contributed by atoms with E-state index in [0.717, 1.165) is 24.5 Å². The standard InChI is InChI=1S/C19H21ClN2O4/c1-24-14-5-7-15(8-6-14)26-13-18(23)21-17-4-2-3-16(20)19(17)22-9-11-25-12-10-22/h2-8H,9-13H2,1H3,(H,21,23). The second-order valence-electron chi connectivity index (χ2n) is 5.75. The number of rotatable bonds is 6. The average molecular weight is 377 g/mol. The minimum atomic E-state index is -0.252. The van der Waals surface area contributed by atoms with Gasteiger partial charge in [-0.3, -0.25) is 4.79 Å². The predicted octanol–water partition coefficient (Wildman–Crippen LogP) is 3.20. The van der Waals surface area contributed by atoms with Crippen LogP contribution in [-0.2, 0) is 9.53 Å². The Balaban J connectivity index is 1.64. The second kappa shape index (κ2) is 8.78. The Bertz CT molecular complexity index is 746. The zero-order valence-electron chi connectivity index (χ0n) is 14.5. The van der Waals surface area contributed by atoms with Crippen molar-refractivity contribution < 1.29 is 19.0 Å². The van der Waals surface area contributed by atoms with Crippen LogP contribution >= 0.6 is 11.6 Å². The van der Waals surface area contributed by atoms with Gasteiger partial charge < -0.3 is 24.4 Å². The number of benzene rings is 2. The highest BCUT2D eigenvalue weighted by Gasteiger charge is 2.19. The van der Waals surface area contributed by atoms with Crippen molar-refractivity contribution >= 4 is 28.9 Å². The number of nitrogens with zero attached hydrogens (tertiary/aromatic N) is 1. The maximum absolute atomic E-state index is 12.3. The van der Waals surface area contributed by atoms with Crippen LogP contribution in [0, 0.1) is 0 Å². The first-order valence-corrected chi connectivity index (χ1v) is 8.73. The molecule has 0 unspecified atom stereocenters. The number of para-hydroxylation sites is 1. The molecule has 0 aliphatic carbocycles. The molecule has 6 nitrogen and oxygen atoms in total. The summed E-state index contributed by atoms with van der Waals surface area (Å²) < 4.78 is 16.0. The number of nitrogens with one attached hydrogen (secondary N) is 1. The van der Waals surface area contributed by atoms with Crippen molar-refractivity contribution in [3.63, 3.8) is 0 Å². The van der Waals surface area contributed by atoms with Crippen LogP contribution in [0.1, 0.15) is 0 Å². The number of hydrogen-bond acceptors (Lipinski definition) is 5. The first-order chi connectivity index (χ1) is 12.7. The summed E-state index contributed by atoms with van der Waals surface area (Å²) in [5.41, 5.74) is 1.48. The molecule has 26 heavy (non-hydrogen) atoms. The molecule has 0 spiro atoms. The highest BCUT2D eigenvalue weighted by molar-refractivity contribution is 6.34. The second-order valence-corrected chi connectivity index (χ2v) is 6.16. The Morgan fingerprint density at radius 2 is 1.85 bits per heavy atom. The largest absolute Gasteiger partial charge is 0.497 e. The Kier molecular flexibility index (Phi) is 6.20. The van der Waals surface area contributed by atoms with Gasteiger partial charge in [-0.1, -0.05) is 17.7 Å². The van der Waals surface area contributed by atoms with E-state index in [1.165, 1.54) is 0 Å². The quantitative estimate of drug-likeness (QED) is 0.838. The minimum absolute atomic E-state index is 0.0958. The van der Waals surface area contributed by atoms with E-state index in [1.807, 2.05) is 18.2 Å². The summed E-state index contributed by atoms with van der Waals surface area (Å²) >= 11 is 6.37. The fourth-order valence-electron chi connectivity index (χ4n) is 2.73. The molecule has 0 saturated carbocycles. The van der Waals surface area contributed by atoms with Gasteiger partial charge in [-0.05, 0) is 36.4 Å². The minimum Gasteiger partial charge on any atom is -0.497 e. The van der Waals surface area contributed by atoms with Gasteiger partial charge in [0, 0.05) is 13.1 Å². The van der Waals surface area contributed by atoms with Gasteiger partial charge in [-0.15, -0.1) is 0 Å². The molecule has 1 heterocycles. The van der Waals surface area contributed by atoms with Gasteiger partial charge in [0.1, 0.15) is 11.5 Å². The first kappa shape index (κ1) is 18.4. The van der Waals surface area contributed by atoms with Gasteiger partial charge in [0.15, 0.2) is 6.61 Å². The molecule has 138 valence electrons. The molecule has 0 aromatic heterocycles. The fourth-order valence-corrected chi connectivity index (χ4v) is 3.03. The number of methoxy groups -OCH3 is 1. The van der Waals surface area contributed by atoms with E-state index in [-0.39, 0.29) is 12.5 Å². The van der Waals surface area contributed by atoms with Crippen molar-refractivity contribution in [2.75, 3.05) is 50.2 Å². The number of ether oxygens (including phenoxy) is 3. The summed E-state index contributed by atoms with van der Waals surface area (Å²) in [5, 5.41) is 3.48. The molecular formula is C19H21ClN2O4. The van der Waals surface area contributed by atoms with Gasteiger partial charge in [-0.2, -0.15) is 0 Å². The van der Waals surface area contributed by atoms with Gasteiger partial charge >= 0.3 is 0 Å². The zero-order valence-corrected chi connectivity index (χ0v) is 15.3. The summed E-state index contributed by atoms with van der Waals surface area (Å²) in [5.74, 6) is 1.08. The van der Waals surface area contributed by atoms with E-state index < -0.39 is 0 Å². The van der Waals surface area contributed by atoms with Crippen molar-refractivity contribution in [3.05, 3.63) is 47.5 Å². The lowest BCUT2D eigenvalue weighted by Crippen LogP contribution is -2.37. The van der Waals surface area contributed by atoms with Crippen molar-refractivity contribution in [2.24, 2.45) is 0 Å². The van der Waals surface area contributed by atoms with Gasteiger partial charge in [0.05, 0.1) is 36.7 Å². The van der Waals surface area contributed by atoms with Crippen molar-refractivity contribution in [1.82, 2.24) is 0 Å². The summed E-state index contributed by atoms with van der Waals surface area (Å²) in [6.45, 7) is 2.64. The Hall–Kier alpha value is -2.44. The van der Waals surface area contributed by atoms with E-state index in [4.69, 9.17) is 25.8 Å². The Labute approximate surface area is 157 Å². The van der Waals surface area contributed by atoms with Gasteiger partial charge in [-0.25, -0.2) is 0 Å². The number of anilines is 2. The van der Waals surface area contributed by atoms with Crippen LogP contribution in [0.3, 0.4) is 0 Å². The fraction of sp³-hybridized carbons (Fsp3) is 0.316. The molecule has 1 saturated heterocycles. The molecule has 0 bridgehead atoms. The summed E-state index contributed by atoms with van der Waals surface area (Å²) in [4.78, 5) is 14.4. The highest BCUT2D eigenvalue weighted by Crippen LogP contribution is 2.34. The molecule has 3 rings (SSSR count). The van der Waals surface area contributed by atoms with Gasteiger partial charge in [0.2, 0.25) is 0 Å². The van der Waals surface area contributed by atoms with Crippen molar-refractivity contribution in [3.8, 4) is 11.5 Å². The summed E-state index contributed by atoms with van der Waals surface area (Å²) in [6.07, 6.45) is 0. The molecule has 1 amide bonds. The molecule has 0 radical (unpaired) electrons. The lowest BCUT2D eigenvalue weighted by Gasteiger charge is -2.31. The van der Waals surface area contributed by atoms with Crippen molar-refractivity contribution in [1.29, 1.82) is 0 Å². The van der Waals surface area contributed by atoms with E-state index in [9.17, 15) is 4.79 Å². The number of morpholine rings is 1. The van der Waals surface area contributed by atoms with Crippen LogP contribution in [0.15, 0.2) is 42.5 Å². The van der Waals surface area contributed by atoms with E-state index >= 15 is 0 Å². The van der Waals surface area contributed by atoms with Crippen LogP contribution in [0.2, 0.25) is 5.02 Å². The molecule has 0 atom stereocenters. The topological polar surface area (TPSA) is 60.0 Å². The highest BCUT2D eigenvalue weighted by atomic mass is 35.5. The average Bonchev–Trinajstić information content (AvgIpc) is 2.67. The number of carbonyl (C=O) groups is 1. The van der Waals surface area contributed by atoms with Crippen LogP contribution in [0.5, 0.6) is 11.5 Å². The maximum atomic E-state index is 12.3. The summed E-state index contributed by atoms with van der Waals surface area (Å²) in [7, 11) is 1.60. The number of carbonyl (C=O) groups excluding carboxylic acids is 1. The van der Waals surface area contributed by atoms with Crippen LogP contribution in [-0.4, -0.2) is 45.9 Å². The molecule has 1 fully saturated rings. The van der Waals surface area contributed by atoms with Crippen LogP contribution in [0.4, 0.5) is 11.4 Å². The summed E-state index contributed by atoms with van der Waals surface area (Å²) in [6, 6.07) is 12.5. The van der Waals surface area contributed by atoms with Crippen molar-refractivity contribution in [2.45, 2.75) is 0 Å².